The van der Waals surface area contributed by atoms with Crippen molar-refractivity contribution in [2.45, 2.75) is 25.9 Å². The van der Waals surface area contributed by atoms with Gasteiger partial charge in [-0.1, -0.05) is 6.07 Å². The predicted octanol–water partition coefficient (Wildman–Crippen LogP) is 1.68. The summed E-state index contributed by atoms with van der Waals surface area (Å²) in [6, 6.07) is 6.87. The van der Waals surface area contributed by atoms with E-state index in [1.807, 2.05) is 18.3 Å². The summed E-state index contributed by atoms with van der Waals surface area (Å²) in [5.74, 6) is 0. The topological polar surface area (TPSA) is 28.2 Å². The molecule has 0 aromatic carbocycles. The molecule has 2 unspecified atom stereocenters. The SMILES string of the molecule is CC(NCC(C)N(C)C)c1ccccn1. The van der Waals surface area contributed by atoms with Crippen LogP contribution in [0.2, 0.25) is 0 Å². The van der Waals surface area contributed by atoms with Crippen molar-refractivity contribution < 1.29 is 0 Å². The molecule has 0 aliphatic heterocycles. The fourth-order valence-electron chi connectivity index (χ4n) is 1.27. The molecule has 0 aliphatic carbocycles. The van der Waals surface area contributed by atoms with Gasteiger partial charge in [0.2, 0.25) is 0 Å². The van der Waals surface area contributed by atoms with Crippen LogP contribution < -0.4 is 5.32 Å². The first-order valence-corrected chi connectivity index (χ1v) is 5.42. The Hall–Kier alpha value is -0.930. The summed E-state index contributed by atoms with van der Waals surface area (Å²) >= 11 is 0. The van der Waals surface area contributed by atoms with Crippen LogP contribution in [0.5, 0.6) is 0 Å². The molecule has 0 bridgehead atoms. The Morgan fingerprint density at radius 3 is 2.60 bits per heavy atom. The molecule has 0 saturated carbocycles. The van der Waals surface area contributed by atoms with Crippen molar-refractivity contribution in [3.8, 4) is 0 Å². The molecular formula is C12H21N3. The maximum atomic E-state index is 4.33. The van der Waals surface area contributed by atoms with Crippen LogP contribution in [0, 0.1) is 0 Å². The average Bonchev–Trinajstić information content (AvgIpc) is 2.26. The van der Waals surface area contributed by atoms with Gasteiger partial charge in [-0.3, -0.25) is 4.98 Å². The fraction of sp³-hybridized carbons (Fsp3) is 0.583. The van der Waals surface area contributed by atoms with Gasteiger partial charge in [-0.25, -0.2) is 0 Å². The minimum absolute atomic E-state index is 0.314. The van der Waals surface area contributed by atoms with Gasteiger partial charge in [0.15, 0.2) is 0 Å². The predicted molar refractivity (Wildman–Crippen MR) is 63.8 cm³/mol. The fourth-order valence-corrected chi connectivity index (χ4v) is 1.27. The molecule has 1 rings (SSSR count). The summed E-state index contributed by atoms with van der Waals surface area (Å²) in [5.41, 5.74) is 1.10. The van der Waals surface area contributed by atoms with E-state index >= 15 is 0 Å². The summed E-state index contributed by atoms with van der Waals surface area (Å²) in [6.45, 7) is 5.33. The van der Waals surface area contributed by atoms with Crippen molar-refractivity contribution in [1.82, 2.24) is 15.2 Å². The van der Waals surface area contributed by atoms with Crippen LogP contribution >= 0.6 is 0 Å². The highest BCUT2D eigenvalue weighted by Gasteiger charge is 2.08. The molecule has 15 heavy (non-hydrogen) atoms. The second-order valence-corrected chi connectivity index (χ2v) is 4.20. The molecule has 0 saturated heterocycles. The van der Waals surface area contributed by atoms with Gasteiger partial charge < -0.3 is 10.2 Å². The van der Waals surface area contributed by atoms with Gasteiger partial charge in [-0.15, -0.1) is 0 Å². The monoisotopic (exact) mass is 207 g/mol. The number of likely N-dealkylation sites (N-methyl/N-ethyl adjacent to an activating group) is 1. The van der Waals surface area contributed by atoms with Crippen LogP contribution in [0.15, 0.2) is 24.4 Å². The smallest absolute Gasteiger partial charge is 0.0570 e. The molecule has 1 aromatic rings. The third kappa shape index (κ3) is 3.98. The lowest BCUT2D eigenvalue weighted by molar-refractivity contribution is 0.295. The zero-order chi connectivity index (χ0) is 11.3. The number of nitrogens with one attached hydrogen (secondary N) is 1. The maximum absolute atomic E-state index is 4.33. The van der Waals surface area contributed by atoms with E-state index in [4.69, 9.17) is 0 Å². The first kappa shape index (κ1) is 12.1. The van der Waals surface area contributed by atoms with E-state index in [2.05, 4.69) is 49.2 Å². The highest BCUT2D eigenvalue weighted by molar-refractivity contribution is 5.07. The van der Waals surface area contributed by atoms with Gasteiger partial charge in [0, 0.05) is 24.8 Å². The van der Waals surface area contributed by atoms with Crippen LogP contribution in [0.25, 0.3) is 0 Å². The van der Waals surface area contributed by atoms with E-state index in [1.165, 1.54) is 0 Å². The molecule has 1 aromatic heterocycles. The van der Waals surface area contributed by atoms with Crippen molar-refractivity contribution in [2.24, 2.45) is 0 Å². The number of aromatic nitrogens is 1. The van der Waals surface area contributed by atoms with E-state index in [-0.39, 0.29) is 0 Å². The number of nitrogens with zero attached hydrogens (tertiary/aromatic N) is 2. The molecule has 84 valence electrons. The Balaban J connectivity index is 2.40. The van der Waals surface area contributed by atoms with E-state index in [9.17, 15) is 0 Å². The molecule has 0 amide bonds. The van der Waals surface area contributed by atoms with Gasteiger partial charge >= 0.3 is 0 Å². The summed E-state index contributed by atoms with van der Waals surface area (Å²) < 4.78 is 0. The van der Waals surface area contributed by atoms with E-state index in [0.717, 1.165) is 12.2 Å². The molecule has 0 radical (unpaired) electrons. The molecule has 1 N–H and O–H groups in total. The van der Waals surface area contributed by atoms with E-state index in [1.54, 1.807) is 0 Å². The van der Waals surface area contributed by atoms with Gasteiger partial charge in [-0.2, -0.15) is 0 Å². The van der Waals surface area contributed by atoms with Gasteiger partial charge in [-0.05, 0) is 40.1 Å². The maximum Gasteiger partial charge on any atom is 0.0570 e. The highest BCUT2D eigenvalue weighted by atomic mass is 15.1. The first-order valence-electron chi connectivity index (χ1n) is 5.42. The molecule has 0 fully saturated rings. The second kappa shape index (κ2) is 5.83. The van der Waals surface area contributed by atoms with Crippen LogP contribution in [0.1, 0.15) is 25.6 Å². The Labute approximate surface area is 92.5 Å². The summed E-state index contributed by atoms with van der Waals surface area (Å²) in [4.78, 5) is 6.53. The minimum atomic E-state index is 0.314. The average molecular weight is 207 g/mol. The summed E-state index contributed by atoms with van der Waals surface area (Å²) in [6.07, 6.45) is 1.84. The van der Waals surface area contributed by atoms with Crippen LogP contribution in [0.4, 0.5) is 0 Å². The van der Waals surface area contributed by atoms with Crippen molar-refractivity contribution in [3.63, 3.8) is 0 Å². The lowest BCUT2D eigenvalue weighted by Crippen LogP contribution is -2.36. The number of pyridine rings is 1. The van der Waals surface area contributed by atoms with Crippen LogP contribution in [-0.2, 0) is 0 Å². The number of hydrogen-bond donors (Lipinski definition) is 1. The lowest BCUT2D eigenvalue weighted by Gasteiger charge is -2.22. The summed E-state index contributed by atoms with van der Waals surface area (Å²) in [5, 5.41) is 3.48. The Kier molecular flexibility index (Phi) is 4.72. The highest BCUT2D eigenvalue weighted by Crippen LogP contribution is 2.07. The minimum Gasteiger partial charge on any atom is -0.307 e. The Morgan fingerprint density at radius 1 is 1.33 bits per heavy atom. The normalized spacial score (nSPS) is 15.3. The third-order valence-electron chi connectivity index (χ3n) is 2.73. The third-order valence-corrected chi connectivity index (χ3v) is 2.73. The molecule has 3 heteroatoms. The summed E-state index contributed by atoms with van der Waals surface area (Å²) in [7, 11) is 4.19. The van der Waals surface area contributed by atoms with Gasteiger partial charge in [0.1, 0.15) is 0 Å². The Morgan fingerprint density at radius 2 is 2.07 bits per heavy atom. The van der Waals surface area contributed by atoms with Crippen LogP contribution in [-0.4, -0.2) is 36.6 Å². The molecule has 3 nitrogen and oxygen atoms in total. The van der Waals surface area contributed by atoms with Crippen molar-refractivity contribution in [3.05, 3.63) is 30.1 Å². The number of hydrogen-bond acceptors (Lipinski definition) is 3. The zero-order valence-corrected chi connectivity index (χ0v) is 10.1. The first-order chi connectivity index (χ1) is 7.11. The standard InChI is InChI=1S/C12H21N3/c1-10(15(3)4)9-14-11(2)12-7-5-6-8-13-12/h5-8,10-11,14H,9H2,1-4H3. The molecular weight excluding hydrogens is 186 g/mol. The van der Waals surface area contributed by atoms with E-state index in [0.29, 0.717) is 12.1 Å². The van der Waals surface area contributed by atoms with Gasteiger partial charge in [0.05, 0.1) is 5.69 Å². The number of rotatable bonds is 5. The second-order valence-electron chi connectivity index (χ2n) is 4.20. The molecule has 0 spiro atoms. The largest absolute Gasteiger partial charge is 0.307 e. The zero-order valence-electron chi connectivity index (χ0n) is 10.1. The van der Waals surface area contributed by atoms with E-state index < -0.39 is 0 Å². The van der Waals surface area contributed by atoms with Gasteiger partial charge in [0.25, 0.3) is 0 Å². The molecule has 1 heterocycles. The lowest BCUT2D eigenvalue weighted by atomic mass is 10.2. The van der Waals surface area contributed by atoms with Crippen molar-refractivity contribution in [2.75, 3.05) is 20.6 Å². The van der Waals surface area contributed by atoms with Crippen molar-refractivity contribution in [1.29, 1.82) is 0 Å². The van der Waals surface area contributed by atoms with Crippen LogP contribution in [0.3, 0.4) is 0 Å². The Bertz CT molecular complexity index is 271. The van der Waals surface area contributed by atoms with Crippen molar-refractivity contribution >= 4 is 0 Å². The quantitative estimate of drug-likeness (QED) is 0.796. The molecule has 2 atom stereocenters. The molecule has 0 aliphatic rings.